The fourth-order valence-corrected chi connectivity index (χ4v) is 4.26. The first kappa shape index (κ1) is 39.4. The van der Waals surface area contributed by atoms with E-state index in [0.29, 0.717) is 41.2 Å². The van der Waals surface area contributed by atoms with Crippen molar-refractivity contribution in [2.45, 2.75) is 66.5 Å². The first-order valence-corrected chi connectivity index (χ1v) is 14.8. The number of hydrogen-bond acceptors (Lipinski definition) is 5. The zero-order valence-corrected chi connectivity index (χ0v) is 26.9. The predicted octanol–water partition coefficient (Wildman–Crippen LogP) is 10.1. The lowest BCUT2D eigenvalue weighted by molar-refractivity contribution is -0.274. The van der Waals surface area contributed by atoms with Crippen LogP contribution >= 0.6 is 0 Å². The van der Waals surface area contributed by atoms with Crippen molar-refractivity contribution in [2.24, 2.45) is 0 Å². The van der Waals surface area contributed by atoms with E-state index in [1.165, 1.54) is 30.3 Å². The first-order valence-electron chi connectivity index (χ1n) is 14.8. The van der Waals surface area contributed by atoms with Crippen molar-refractivity contribution in [3.05, 3.63) is 72.3 Å². The molecule has 0 saturated heterocycles. The van der Waals surface area contributed by atoms with Gasteiger partial charge in [0.15, 0.2) is 5.75 Å². The summed E-state index contributed by atoms with van der Waals surface area (Å²) in [7, 11) is 3.75. The number of benzene rings is 3. The van der Waals surface area contributed by atoms with Crippen LogP contribution in [-0.4, -0.2) is 57.6 Å². The first-order chi connectivity index (χ1) is 21.3. The third kappa shape index (κ3) is 11.3. The van der Waals surface area contributed by atoms with Gasteiger partial charge in [0.25, 0.3) is 0 Å². The van der Waals surface area contributed by atoms with E-state index in [1.807, 2.05) is 65.4 Å². The molecule has 1 unspecified atom stereocenters. The molecule has 1 aliphatic rings. The fraction of sp³-hybridized carbons (Fsp3) is 0.455. The van der Waals surface area contributed by atoms with E-state index in [1.54, 1.807) is 30.3 Å². The van der Waals surface area contributed by atoms with Gasteiger partial charge >= 0.3 is 18.9 Å². The third-order valence-corrected chi connectivity index (χ3v) is 5.98. The predicted molar refractivity (Wildman–Crippen MR) is 165 cm³/mol. The SMILES string of the molecule is CC.CC.CC.CN(C)CCN1c2cccc(-c3cccc(OC(F)(F)F)c3)c2OCC1c1cccc(OC(F)(F)C(F)F)c1. The molecule has 12 heteroatoms. The van der Waals surface area contributed by atoms with Crippen molar-refractivity contribution in [1.29, 1.82) is 0 Å². The van der Waals surface area contributed by atoms with Crippen LogP contribution in [0.5, 0.6) is 17.2 Å². The van der Waals surface area contributed by atoms with Gasteiger partial charge in [0.1, 0.15) is 18.1 Å². The van der Waals surface area contributed by atoms with Gasteiger partial charge in [-0.25, -0.2) is 0 Å². The van der Waals surface area contributed by atoms with Gasteiger partial charge in [0, 0.05) is 18.7 Å². The molecular formula is C33H43F7N2O3. The van der Waals surface area contributed by atoms with Gasteiger partial charge < -0.3 is 24.0 Å². The molecule has 0 saturated carbocycles. The smallest absolute Gasteiger partial charge is 0.488 e. The summed E-state index contributed by atoms with van der Waals surface area (Å²) in [5, 5.41) is 0. The lowest BCUT2D eigenvalue weighted by atomic mass is 9.98. The Labute approximate surface area is 261 Å². The molecule has 3 aromatic rings. The molecule has 45 heavy (non-hydrogen) atoms. The molecule has 0 radical (unpaired) electrons. The molecule has 1 aliphatic heterocycles. The summed E-state index contributed by atoms with van der Waals surface area (Å²) in [6.07, 6.45) is -13.5. The molecule has 5 nitrogen and oxygen atoms in total. The van der Waals surface area contributed by atoms with E-state index < -0.39 is 30.7 Å². The van der Waals surface area contributed by atoms with Crippen LogP contribution in [0.15, 0.2) is 66.7 Å². The Morgan fingerprint density at radius 2 is 1.40 bits per heavy atom. The monoisotopic (exact) mass is 648 g/mol. The van der Waals surface area contributed by atoms with Crippen LogP contribution < -0.4 is 19.1 Å². The van der Waals surface area contributed by atoms with Gasteiger partial charge in [0.05, 0.1) is 11.7 Å². The van der Waals surface area contributed by atoms with Crippen molar-refractivity contribution < 1.29 is 44.9 Å². The van der Waals surface area contributed by atoms with Gasteiger partial charge in [-0.3, -0.25) is 0 Å². The fourth-order valence-electron chi connectivity index (χ4n) is 4.26. The summed E-state index contributed by atoms with van der Waals surface area (Å²) >= 11 is 0. The molecular weight excluding hydrogens is 605 g/mol. The minimum Gasteiger partial charge on any atom is -0.488 e. The number of likely N-dealkylation sites (N-methyl/N-ethyl adjacent to an activating group) is 1. The molecule has 0 amide bonds. The molecule has 0 N–H and O–H groups in total. The number of ether oxygens (including phenoxy) is 3. The summed E-state index contributed by atoms with van der Waals surface area (Å²) in [5.74, 6) is -0.382. The van der Waals surface area contributed by atoms with Crippen LogP contribution in [-0.2, 0) is 0 Å². The van der Waals surface area contributed by atoms with E-state index in [2.05, 4.69) is 9.47 Å². The van der Waals surface area contributed by atoms with Crippen LogP contribution in [0.25, 0.3) is 11.1 Å². The maximum absolute atomic E-state index is 13.5. The third-order valence-electron chi connectivity index (χ3n) is 5.98. The lowest BCUT2D eigenvalue weighted by Crippen LogP contribution is -2.40. The maximum Gasteiger partial charge on any atom is 0.573 e. The van der Waals surface area contributed by atoms with Crippen molar-refractivity contribution in [2.75, 3.05) is 38.7 Å². The van der Waals surface area contributed by atoms with Crippen molar-refractivity contribution in [3.8, 4) is 28.4 Å². The summed E-state index contributed by atoms with van der Waals surface area (Å²) in [4.78, 5) is 3.92. The van der Waals surface area contributed by atoms with E-state index in [-0.39, 0.29) is 12.4 Å². The van der Waals surface area contributed by atoms with Crippen LogP contribution in [0.4, 0.5) is 36.4 Å². The molecule has 3 aromatic carbocycles. The number of rotatable bonds is 9. The van der Waals surface area contributed by atoms with Gasteiger partial charge in [-0.15, -0.1) is 13.2 Å². The number of hydrogen-bond donors (Lipinski definition) is 0. The van der Waals surface area contributed by atoms with Crippen LogP contribution in [0, 0.1) is 0 Å². The summed E-state index contributed by atoms with van der Waals surface area (Å²) in [6.45, 7) is 13.1. The largest absolute Gasteiger partial charge is 0.573 e. The second-order valence-corrected chi connectivity index (χ2v) is 9.09. The second-order valence-electron chi connectivity index (χ2n) is 9.09. The normalized spacial score (nSPS) is 14.1. The molecule has 0 aromatic heterocycles. The Hall–Kier alpha value is -3.67. The highest BCUT2D eigenvalue weighted by Crippen LogP contribution is 2.46. The van der Waals surface area contributed by atoms with Crippen LogP contribution in [0.2, 0.25) is 0 Å². The number of fused-ring (bicyclic) bond motifs is 1. The van der Waals surface area contributed by atoms with E-state index in [0.717, 1.165) is 6.07 Å². The zero-order chi connectivity index (χ0) is 34.4. The van der Waals surface area contributed by atoms with Crippen LogP contribution in [0.3, 0.4) is 0 Å². The molecule has 1 atom stereocenters. The molecule has 1 heterocycles. The Balaban J connectivity index is 0.00000159. The molecule has 0 bridgehead atoms. The van der Waals surface area contributed by atoms with Gasteiger partial charge in [0.2, 0.25) is 0 Å². The van der Waals surface area contributed by atoms with Crippen molar-refractivity contribution >= 4 is 5.69 Å². The molecule has 0 fully saturated rings. The number of halogens is 7. The number of nitrogens with zero attached hydrogens (tertiary/aromatic N) is 2. The number of para-hydroxylation sites is 1. The Morgan fingerprint density at radius 3 is 1.98 bits per heavy atom. The molecule has 4 rings (SSSR count). The second kappa shape index (κ2) is 18.3. The van der Waals surface area contributed by atoms with Gasteiger partial charge in [-0.05, 0) is 55.6 Å². The van der Waals surface area contributed by atoms with Crippen molar-refractivity contribution in [1.82, 2.24) is 4.90 Å². The molecule has 0 spiro atoms. The van der Waals surface area contributed by atoms with Gasteiger partial charge in [-0.2, -0.15) is 17.6 Å². The topological polar surface area (TPSA) is 34.2 Å². The minimum atomic E-state index is -4.85. The molecule has 252 valence electrons. The van der Waals surface area contributed by atoms with Gasteiger partial charge in [-0.1, -0.05) is 77.9 Å². The summed E-state index contributed by atoms with van der Waals surface area (Å²) < 4.78 is 105. The average Bonchev–Trinajstić information content (AvgIpc) is 3.01. The summed E-state index contributed by atoms with van der Waals surface area (Å²) in [5.41, 5.74) is 2.08. The standard InChI is InChI=1S/C27H25F7N2O3.3C2H6/c1-35(2)12-13-36-22-11-5-10-21(17-6-3-9-20(14-17)39-27(32,33)34)24(22)37-16-23(36)18-7-4-8-19(15-18)38-26(30,31)25(28)29;3*1-2/h3-11,14-15,23,25H,12-13,16H2,1-2H3;3*1-2H3. The van der Waals surface area contributed by atoms with Crippen LogP contribution in [0.1, 0.15) is 53.1 Å². The minimum absolute atomic E-state index is 0.0465. The van der Waals surface area contributed by atoms with Crippen molar-refractivity contribution in [3.63, 3.8) is 0 Å². The number of anilines is 1. The molecule has 0 aliphatic carbocycles. The summed E-state index contributed by atoms with van der Waals surface area (Å²) in [6, 6.07) is 15.7. The quantitative estimate of drug-likeness (QED) is 0.216. The zero-order valence-electron chi connectivity index (χ0n) is 26.9. The lowest BCUT2D eigenvalue weighted by Gasteiger charge is -2.40. The average molecular weight is 649 g/mol. The van der Waals surface area contributed by atoms with E-state index in [9.17, 15) is 30.7 Å². The van der Waals surface area contributed by atoms with E-state index >= 15 is 0 Å². The highest BCUT2D eigenvalue weighted by molar-refractivity contribution is 5.80. The Morgan fingerprint density at radius 1 is 0.822 bits per heavy atom. The Bertz CT molecular complexity index is 1290. The Kier molecular flexibility index (Phi) is 16.0. The van der Waals surface area contributed by atoms with E-state index in [4.69, 9.17) is 4.74 Å². The highest BCUT2D eigenvalue weighted by atomic mass is 19.4. The number of alkyl halides is 7. The maximum atomic E-state index is 13.5. The highest BCUT2D eigenvalue weighted by Gasteiger charge is 2.44.